The molecule has 6 nitrogen and oxygen atoms in total. The maximum absolute atomic E-state index is 13.7. The van der Waals surface area contributed by atoms with E-state index in [1.165, 1.54) is 11.3 Å². The van der Waals surface area contributed by atoms with Crippen LogP contribution in [0, 0.1) is 11.3 Å². The minimum atomic E-state index is -4.74. The second-order valence-corrected chi connectivity index (χ2v) is 9.26. The van der Waals surface area contributed by atoms with Gasteiger partial charge >= 0.3 is 6.18 Å². The van der Waals surface area contributed by atoms with E-state index in [2.05, 4.69) is 10.3 Å². The van der Waals surface area contributed by atoms with E-state index in [9.17, 15) is 23.2 Å². The summed E-state index contributed by atoms with van der Waals surface area (Å²) in [5.41, 5.74) is -0.784. The van der Waals surface area contributed by atoms with Gasteiger partial charge in [-0.15, -0.1) is 11.3 Å². The van der Waals surface area contributed by atoms with Gasteiger partial charge in [0.1, 0.15) is 11.1 Å². The number of carbonyl (C=O) groups is 1. The number of ether oxygens (including phenoxy) is 2. The van der Waals surface area contributed by atoms with E-state index < -0.39 is 28.5 Å². The van der Waals surface area contributed by atoms with Crippen molar-refractivity contribution in [2.24, 2.45) is 0 Å². The predicted octanol–water partition coefficient (Wildman–Crippen LogP) is 5.23. The molecule has 0 aliphatic carbocycles. The van der Waals surface area contributed by atoms with E-state index in [0.29, 0.717) is 16.4 Å². The topological polar surface area (TPSA) is 84.2 Å². The van der Waals surface area contributed by atoms with Gasteiger partial charge in [0.2, 0.25) is 12.7 Å². The summed E-state index contributed by atoms with van der Waals surface area (Å²) in [7, 11) is 0. The molecule has 1 N–H and O–H groups in total. The second kappa shape index (κ2) is 9.33. The minimum absolute atomic E-state index is 0.104. The number of benzene rings is 1. The molecule has 1 aromatic carbocycles. The van der Waals surface area contributed by atoms with E-state index >= 15 is 0 Å². The molecule has 11 heteroatoms. The number of pyridine rings is 1. The van der Waals surface area contributed by atoms with Crippen molar-refractivity contribution in [3.63, 3.8) is 0 Å². The highest BCUT2D eigenvalue weighted by molar-refractivity contribution is 8.00. The normalized spacial score (nSPS) is 13.4. The number of aromatic nitrogens is 1. The Balaban J connectivity index is 1.53. The molecule has 1 amide bonds. The summed E-state index contributed by atoms with van der Waals surface area (Å²) in [4.78, 5) is 17.4. The van der Waals surface area contributed by atoms with Crippen molar-refractivity contribution in [3.8, 4) is 28.1 Å². The summed E-state index contributed by atoms with van der Waals surface area (Å²) in [6, 6.07) is 11.1. The molecule has 0 spiro atoms. The number of fused-ring (bicyclic) bond motifs is 1. The quantitative estimate of drug-likeness (QED) is 0.476. The second-order valence-electron chi connectivity index (χ2n) is 6.99. The summed E-state index contributed by atoms with van der Waals surface area (Å²) in [6.45, 7) is 1.88. The van der Waals surface area contributed by atoms with Gasteiger partial charge in [-0.2, -0.15) is 18.4 Å². The van der Waals surface area contributed by atoms with Gasteiger partial charge in [0.05, 0.1) is 26.9 Å². The number of hydrogen-bond acceptors (Lipinski definition) is 7. The molecule has 0 radical (unpaired) electrons. The first-order valence-corrected chi connectivity index (χ1v) is 11.4. The van der Waals surface area contributed by atoms with Gasteiger partial charge in [-0.05, 0) is 42.1 Å². The fourth-order valence-corrected chi connectivity index (χ4v) is 4.73. The first-order chi connectivity index (χ1) is 15.8. The number of carbonyl (C=O) groups excluding carboxylic acids is 1. The minimum Gasteiger partial charge on any atom is -0.454 e. The first-order valence-electron chi connectivity index (χ1n) is 9.65. The van der Waals surface area contributed by atoms with Crippen molar-refractivity contribution < 1.29 is 27.4 Å². The average Bonchev–Trinajstić information content (AvgIpc) is 3.48. The lowest BCUT2D eigenvalue weighted by Crippen LogP contribution is -2.30. The number of halogens is 3. The van der Waals surface area contributed by atoms with E-state index in [1.54, 1.807) is 48.7 Å². The number of nitriles is 1. The van der Waals surface area contributed by atoms with Crippen LogP contribution in [0.15, 0.2) is 46.8 Å². The highest BCUT2D eigenvalue weighted by atomic mass is 32.2. The molecule has 1 aliphatic heterocycles. The zero-order valence-electron chi connectivity index (χ0n) is 17.1. The Labute approximate surface area is 195 Å². The number of alkyl halides is 3. The molecule has 1 unspecified atom stereocenters. The maximum atomic E-state index is 13.7. The maximum Gasteiger partial charge on any atom is 0.417 e. The molecule has 0 fully saturated rings. The summed E-state index contributed by atoms with van der Waals surface area (Å²) >= 11 is 2.05. The van der Waals surface area contributed by atoms with Crippen LogP contribution in [-0.4, -0.2) is 22.9 Å². The van der Waals surface area contributed by atoms with E-state index in [0.717, 1.165) is 23.4 Å². The van der Waals surface area contributed by atoms with Crippen LogP contribution in [0.25, 0.3) is 10.6 Å². The zero-order chi connectivity index (χ0) is 23.6. The Bertz CT molecular complexity index is 1220. The van der Waals surface area contributed by atoms with Gasteiger partial charge in [0, 0.05) is 6.54 Å². The van der Waals surface area contributed by atoms with Gasteiger partial charge in [-0.3, -0.25) is 4.79 Å². The number of hydrogen-bond donors (Lipinski definition) is 1. The predicted molar refractivity (Wildman–Crippen MR) is 117 cm³/mol. The molecule has 1 atom stereocenters. The van der Waals surface area contributed by atoms with Gasteiger partial charge in [-0.1, -0.05) is 23.9 Å². The number of nitrogens with zero attached hydrogens (tertiary/aromatic N) is 2. The van der Waals surface area contributed by atoms with E-state index in [-0.39, 0.29) is 24.1 Å². The molecule has 170 valence electrons. The van der Waals surface area contributed by atoms with E-state index in [4.69, 9.17) is 9.47 Å². The molecule has 2 aromatic heterocycles. The number of rotatable bonds is 6. The number of thiophene rings is 1. The van der Waals surface area contributed by atoms with Crippen LogP contribution in [0.4, 0.5) is 13.2 Å². The molecule has 0 saturated heterocycles. The van der Waals surface area contributed by atoms with E-state index in [1.807, 2.05) is 0 Å². The van der Waals surface area contributed by atoms with Crippen LogP contribution in [0.2, 0.25) is 0 Å². The Hall–Kier alpha value is -3.23. The smallest absolute Gasteiger partial charge is 0.417 e. The van der Waals surface area contributed by atoms with Crippen LogP contribution in [0.1, 0.15) is 23.6 Å². The third-order valence-electron chi connectivity index (χ3n) is 4.74. The van der Waals surface area contributed by atoms with Crippen molar-refractivity contribution in [2.75, 3.05) is 6.79 Å². The van der Waals surface area contributed by atoms with Gasteiger partial charge in [-0.25, -0.2) is 4.98 Å². The van der Waals surface area contributed by atoms with Crippen LogP contribution in [0.3, 0.4) is 0 Å². The van der Waals surface area contributed by atoms with Crippen LogP contribution >= 0.6 is 23.1 Å². The molecule has 4 rings (SSSR count). The third-order valence-corrected chi connectivity index (χ3v) is 6.72. The lowest BCUT2D eigenvalue weighted by Gasteiger charge is -2.16. The lowest BCUT2D eigenvalue weighted by molar-refractivity contribution is -0.138. The first kappa shape index (κ1) is 22.9. The molecule has 0 bridgehead atoms. The molecule has 3 aromatic rings. The average molecular weight is 492 g/mol. The Morgan fingerprint density at radius 2 is 2.09 bits per heavy atom. The van der Waals surface area contributed by atoms with Crippen molar-refractivity contribution >= 4 is 29.0 Å². The molecule has 33 heavy (non-hydrogen) atoms. The van der Waals surface area contributed by atoms with Crippen molar-refractivity contribution in [1.82, 2.24) is 10.3 Å². The fourth-order valence-electron chi connectivity index (χ4n) is 3.09. The van der Waals surface area contributed by atoms with Crippen LogP contribution in [0.5, 0.6) is 11.5 Å². The zero-order valence-corrected chi connectivity index (χ0v) is 18.7. The molecule has 3 heterocycles. The summed E-state index contributed by atoms with van der Waals surface area (Å²) in [6.07, 6.45) is -4.74. The van der Waals surface area contributed by atoms with Crippen molar-refractivity contribution in [1.29, 1.82) is 5.26 Å². The van der Waals surface area contributed by atoms with Crippen molar-refractivity contribution in [2.45, 2.75) is 29.9 Å². The summed E-state index contributed by atoms with van der Waals surface area (Å²) in [5.74, 6) is 0.797. The molecule has 1 aliphatic rings. The number of amides is 1. The van der Waals surface area contributed by atoms with Gasteiger partial charge in [0.15, 0.2) is 11.5 Å². The third kappa shape index (κ3) is 5.07. The number of thioether (sulfide) groups is 1. The fraction of sp³-hybridized carbons (Fsp3) is 0.227. The Morgan fingerprint density at radius 1 is 1.30 bits per heavy atom. The Morgan fingerprint density at radius 3 is 2.79 bits per heavy atom. The summed E-state index contributed by atoms with van der Waals surface area (Å²) in [5, 5.41) is 13.0. The van der Waals surface area contributed by atoms with Crippen molar-refractivity contribution in [3.05, 3.63) is 58.5 Å². The molecule has 0 saturated carbocycles. The highest BCUT2D eigenvalue weighted by Crippen LogP contribution is 2.39. The molecular weight excluding hydrogens is 475 g/mol. The lowest BCUT2D eigenvalue weighted by atomic mass is 10.1. The monoisotopic (exact) mass is 491 g/mol. The van der Waals surface area contributed by atoms with Crippen LogP contribution < -0.4 is 14.8 Å². The Kier molecular flexibility index (Phi) is 6.49. The summed E-state index contributed by atoms with van der Waals surface area (Å²) < 4.78 is 51.5. The molecular formula is C22H16F3N3O3S2. The largest absolute Gasteiger partial charge is 0.454 e. The standard InChI is InChI=1S/C22H16F3N3O3S2/c1-12(20(29)27-10-13-4-5-17-18(7-13)31-11-30-17)33-21-14(9-26)15(22(23,24)25)8-16(28-21)19-3-2-6-32-19/h2-8,12H,10-11H2,1H3,(H,27,29). The highest BCUT2D eigenvalue weighted by Gasteiger charge is 2.36. The number of nitrogens with one attached hydrogen (secondary N) is 1. The van der Waals surface area contributed by atoms with Gasteiger partial charge < -0.3 is 14.8 Å². The SMILES string of the molecule is CC(Sc1nc(-c2cccs2)cc(C(F)(F)F)c1C#N)C(=O)NCc1ccc2c(c1)OCO2. The van der Waals surface area contributed by atoms with Gasteiger partial charge in [0.25, 0.3) is 0 Å². The van der Waals surface area contributed by atoms with Crippen LogP contribution in [-0.2, 0) is 17.5 Å².